The molecule has 0 bridgehead atoms. The molecule has 0 saturated heterocycles. The molecule has 1 rings (SSSR count). The van der Waals surface area contributed by atoms with Crippen LogP contribution >= 0.6 is 11.6 Å². The quantitative estimate of drug-likeness (QED) is 0.457. The summed E-state index contributed by atoms with van der Waals surface area (Å²) in [6, 6.07) is 3.49. The molecule has 0 saturated carbocycles. The van der Waals surface area contributed by atoms with Crippen molar-refractivity contribution in [1.29, 1.82) is 0 Å². The number of aliphatic imine (C=N–C) groups is 1. The van der Waals surface area contributed by atoms with Gasteiger partial charge in [0.05, 0.1) is 6.54 Å². The van der Waals surface area contributed by atoms with Crippen molar-refractivity contribution >= 4 is 17.6 Å². The molecule has 0 spiro atoms. The van der Waals surface area contributed by atoms with Crippen molar-refractivity contribution < 1.29 is 4.74 Å². The molecule has 19 heavy (non-hydrogen) atoms. The van der Waals surface area contributed by atoms with E-state index in [2.05, 4.69) is 29.1 Å². The van der Waals surface area contributed by atoms with E-state index in [1.54, 1.807) is 18.3 Å². The molecule has 1 aromatic rings. The molecule has 1 aromatic heterocycles. The third-order valence-electron chi connectivity index (χ3n) is 2.36. The molecule has 0 aliphatic carbocycles. The summed E-state index contributed by atoms with van der Waals surface area (Å²) in [5.41, 5.74) is 5.71. The molecule has 0 aromatic carbocycles. The SMILES string of the molecule is CC(C)CCN=C(N)NCCOc1ncccc1Cl. The van der Waals surface area contributed by atoms with Crippen LogP contribution in [0.2, 0.25) is 5.02 Å². The average Bonchev–Trinajstić information content (AvgIpc) is 2.36. The molecule has 0 unspecified atom stereocenters. The zero-order valence-corrected chi connectivity index (χ0v) is 12.2. The number of rotatable bonds is 7. The lowest BCUT2D eigenvalue weighted by molar-refractivity contribution is 0.310. The number of nitrogens with zero attached hydrogens (tertiary/aromatic N) is 2. The van der Waals surface area contributed by atoms with Crippen LogP contribution in [0.4, 0.5) is 0 Å². The topological polar surface area (TPSA) is 72.5 Å². The van der Waals surface area contributed by atoms with Crippen LogP contribution in [0, 0.1) is 5.92 Å². The van der Waals surface area contributed by atoms with E-state index in [9.17, 15) is 0 Å². The highest BCUT2D eigenvalue weighted by Gasteiger charge is 2.01. The second kappa shape index (κ2) is 8.58. The lowest BCUT2D eigenvalue weighted by Crippen LogP contribution is -2.35. The van der Waals surface area contributed by atoms with Gasteiger partial charge in [-0.25, -0.2) is 4.98 Å². The monoisotopic (exact) mass is 284 g/mol. The van der Waals surface area contributed by atoms with E-state index in [1.165, 1.54) is 0 Å². The molecule has 0 aliphatic rings. The van der Waals surface area contributed by atoms with Crippen molar-refractivity contribution in [2.75, 3.05) is 19.7 Å². The lowest BCUT2D eigenvalue weighted by Gasteiger charge is -2.08. The number of halogens is 1. The lowest BCUT2D eigenvalue weighted by atomic mass is 10.1. The largest absolute Gasteiger partial charge is 0.475 e. The number of nitrogens with one attached hydrogen (secondary N) is 1. The minimum atomic E-state index is 0.428. The first-order valence-electron chi connectivity index (χ1n) is 6.36. The van der Waals surface area contributed by atoms with Gasteiger partial charge in [-0.2, -0.15) is 0 Å². The Morgan fingerprint density at radius 3 is 3.05 bits per heavy atom. The summed E-state index contributed by atoms with van der Waals surface area (Å²) in [7, 11) is 0. The molecule has 0 amide bonds. The molecule has 0 aliphatic heterocycles. The van der Waals surface area contributed by atoms with Crippen LogP contribution in [0.3, 0.4) is 0 Å². The first-order chi connectivity index (χ1) is 9.09. The standard InChI is InChI=1S/C13H21ClN4O/c1-10(2)5-7-17-13(15)18-8-9-19-12-11(14)4-3-6-16-12/h3-4,6,10H,5,7-9H2,1-2H3,(H3,15,17,18). The molecule has 3 N–H and O–H groups in total. The highest BCUT2D eigenvalue weighted by molar-refractivity contribution is 6.31. The van der Waals surface area contributed by atoms with Crippen LogP contribution in [-0.4, -0.2) is 30.6 Å². The van der Waals surface area contributed by atoms with Gasteiger partial charge in [-0.05, 0) is 24.5 Å². The van der Waals surface area contributed by atoms with Gasteiger partial charge in [0.2, 0.25) is 5.88 Å². The Bertz CT molecular complexity index is 409. The number of nitrogens with two attached hydrogens (primary N) is 1. The van der Waals surface area contributed by atoms with Crippen molar-refractivity contribution in [3.8, 4) is 5.88 Å². The van der Waals surface area contributed by atoms with Crippen LogP contribution in [0.1, 0.15) is 20.3 Å². The number of hydrogen-bond acceptors (Lipinski definition) is 3. The van der Waals surface area contributed by atoms with Crippen molar-refractivity contribution in [3.05, 3.63) is 23.4 Å². The van der Waals surface area contributed by atoms with E-state index < -0.39 is 0 Å². The molecule has 6 heteroatoms. The first-order valence-corrected chi connectivity index (χ1v) is 6.74. The third-order valence-corrected chi connectivity index (χ3v) is 2.65. The average molecular weight is 285 g/mol. The molecular formula is C13H21ClN4O. The van der Waals surface area contributed by atoms with Crippen LogP contribution in [0.15, 0.2) is 23.3 Å². The molecule has 1 heterocycles. The van der Waals surface area contributed by atoms with Gasteiger partial charge in [-0.3, -0.25) is 4.99 Å². The minimum Gasteiger partial charge on any atom is -0.475 e. The first kappa shape index (κ1) is 15.6. The molecule has 0 fully saturated rings. The van der Waals surface area contributed by atoms with E-state index >= 15 is 0 Å². The summed E-state index contributed by atoms with van der Waals surface area (Å²) in [6.45, 7) is 6.04. The Balaban J connectivity index is 2.18. The predicted octanol–water partition coefficient (Wildman–Crippen LogP) is 2.06. The van der Waals surface area contributed by atoms with E-state index in [4.69, 9.17) is 22.1 Å². The summed E-state index contributed by atoms with van der Waals surface area (Å²) in [6.07, 6.45) is 2.67. The zero-order valence-electron chi connectivity index (χ0n) is 11.4. The summed E-state index contributed by atoms with van der Waals surface area (Å²) in [5.74, 6) is 1.50. The van der Waals surface area contributed by atoms with Crippen molar-refractivity contribution in [2.45, 2.75) is 20.3 Å². The van der Waals surface area contributed by atoms with Gasteiger partial charge in [-0.1, -0.05) is 25.4 Å². The molecule has 5 nitrogen and oxygen atoms in total. The Hall–Kier alpha value is -1.49. The van der Waals surface area contributed by atoms with Crippen molar-refractivity contribution in [2.24, 2.45) is 16.6 Å². The fourth-order valence-electron chi connectivity index (χ4n) is 1.30. The van der Waals surface area contributed by atoms with Crippen LogP contribution < -0.4 is 15.8 Å². The maximum Gasteiger partial charge on any atom is 0.232 e. The number of hydrogen-bond donors (Lipinski definition) is 2. The van der Waals surface area contributed by atoms with Gasteiger partial charge in [0.15, 0.2) is 5.96 Å². The van der Waals surface area contributed by atoms with E-state index in [-0.39, 0.29) is 0 Å². The summed E-state index contributed by atoms with van der Waals surface area (Å²) >= 11 is 5.91. The Kier molecular flexibility index (Phi) is 7.03. The maximum atomic E-state index is 5.91. The Labute approximate surface area is 119 Å². The smallest absolute Gasteiger partial charge is 0.232 e. The fourth-order valence-corrected chi connectivity index (χ4v) is 1.48. The van der Waals surface area contributed by atoms with E-state index in [1.807, 2.05) is 0 Å². The van der Waals surface area contributed by atoms with Gasteiger partial charge in [0.1, 0.15) is 11.6 Å². The molecular weight excluding hydrogens is 264 g/mol. The third kappa shape index (κ3) is 6.86. The predicted molar refractivity (Wildman–Crippen MR) is 78.7 cm³/mol. The van der Waals surface area contributed by atoms with Gasteiger partial charge >= 0.3 is 0 Å². The minimum absolute atomic E-state index is 0.428. The summed E-state index contributed by atoms with van der Waals surface area (Å²) in [5, 5.41) is 3.48. The van der Waals surface area contributed by atoms with Crippen molar-refractivity contribution in [3.63, 3.8) is 0 Å². The second-order valence-corrected chi connectivity index (χ2v) is 4.92. The summed E-state index contributed by atoms with van der Waals surface area (Å²) < 4.78 is 5.41. The highest BCUT2D eigenvalue weighted by atomic mass is 35.5. The van der Waals surface area contributed by atoms with E-state index in [0.29, 0.717) is 35.9 Å². The van der Waals surface area contributed by atoms with Gasteiger partial charge in [0.25, 0.3) is 0 Å². The second-order valence-electron chi connectivity index (χ2n) is 4.52. The number of pyridine rings is 1. The van der Waals surface area contributed by atoms with Gasteiger partial charge in [-0.15, -0.1) is 0 Å². The Morgan fingerprint density at radius 1 is 1.58 bits per heavy atom. The van der Waals surface area contributed by atoms with Crippen LogP contribution in [-0.2, 0) is 0 Å². The normalized spacial score (nSPS) is 11.7. The van der Waals surface area contributed by atoms with E-state index in [0.717, 1.165) is 13.0 Å². The molecule has 0 radical (unpaired) electrons. The van der Waals surface area contributed by atoms with Gasteiger partial charge < -0.3 is 15.8 Å². The molecule has 106 valence electrons. The number of aromatic nitrogens is 1. The van der Waals surface area contributed by atoms with Crippen LogP contribution in [0.25, 0.3) is 0 Å². The fraction of sp³-hybridized carbons (Fsp3) is 0.538. The number of ether oxygens (including phenoxy) is 1. The summed E-state index contributed by atoms with van der Waals surface area (Å²) in [4.78, 5) is 8.23. The Morgan fingerprint density at radius 2 is 2.37 bits per heavy atom. The van der Waals surface area contributed by atoms with Gasteiger partial charge in [0, 0.05) is 12.7 Å². The zero-order chi connectivity index (χ0) is 14.1. The van der Waals surface area contributed by atoms with Crippen LogP contribution in [0.5, 0.6) is 5.88 Å². The maximum absolute atomic E-state index is 5.91. The molecule has 0 atom stereocenters. The number of guanidine groups is 1. The van der Waals surface area contributed by atoms with Crippen molar-refractivity contribution in [1.82, 2.24) is 10.3 Å². The highest BCUT2D eigenvalue weighted by Crippen LogP contribution is 2.19.